The van der Waals surface area contributed by atoms with Crippen LogP contribution in [0.3, 0.4) is 0 Å². The Balaban J connectivity index is 1.25. The van der Waals surface area contributed by atoms with Gasteiger partial charge < -0.3 is 14.6 Å². The standard InChI is InChI=1S/C30H43N5O2S/c1-20(2)23-16-24(21(3)4)28(25(17-23)22(5)6)33-27(36)18-35-13-11-34(12-14-35)10-7-15-38-26-8-9-31-30-29(26)37-19-32-30/h8-9,16-17,19-22H,7,10-15,18H2,1-6H3,(H,33,36). The highest BCUT2D eigenvalue weighted by molar-refractivity contribution is 7.99. The van der Waals surface area contributed by atoms with Crippen LogP contribution in [0.4, 0.5) is 5.69 Å². The third-order valence-electron chi connectivity index (χ3n) is 7.30. The van der Waals surface area contributed by atoms with Crippen LogP contribution in [0.25, 0.3) is 11.2 Å². The van der Waals surface area contributed by atoms with E-state index < -0.39 is 0 Å². The van der Waals surface area contributed by atoms with Gasteiger partial charge in [-0.2, -0.15) is 4.98 Å². The summed E-state index contributed by atoms with van der Waals surface area (Å²) in [6, 6.07) is 6.57. The number of piperazine rings is 1. The second-order valence-corrected chi connectivity index (χ2v) is 12.4. The third-order valence-corrected chi connectivity index (χ3v) is 8.43. The molecule has 0 spiro atoms. The number of rotatable bonds is 11. The fourth-order valence-electron chi connectivity index (χ4n) is 4.99. The van der Waals surface area contributed by atoms with E-state index in [-0.39, 0.29) is 5.91 Å². The molecule has 0 atom stereocenters. The number of nitrogens with zero attached hydrogens (tertiary/aromatic N) is 4. The number of hydrogen-bond acceptors (Lipinski definition) is 7. The zero-order chi connectivity index (χ0) is 27.2. The molecule has 8 heteroatoms. The van der Waals surface area contributed by atoms with Crippen molar-refractivity contribution in [3.8, 4) is 0 Å². The van der Waals surface area contributed by atoms with E-state index >= 15 is 0 Å². The molecule has 7 nitrogen and oxygen atoms in total. The highest BCUT2D eigenvalue weighted by atomic mass is 32.2. The Hall–Kier alpha value is -2.42. The van der Waals surface area contributed by atoms with Crippen LogP contribution in [0.2, 0.25) is 0 Å². The summed E-state index contributed by atoms with van der Waals surface area (Å²) in [6.45, 7) is 18.7. The first-order valence-electron chi connectivity index (χ1n) is 14.0. The zero-order valence-electron chi connectivity index (χ0n) is 23.8. The van der Waals surface area contributed by atoms with Gasteiger partial charge in [0.05, 0.1) is 11.4 Å². The molecule has 1 aliphatic heterocycles. The Kier molecular flexibility index (Phi) is 9.85. The highest BCUT2D eigenvalue weighted by Crippen LogP contribution is 2.36. The van der Waals surface area contributed by atoms with Crippen molar-refractivity contribution in [1.29, 1.82) is 0 Å². The van der Waals surface area contributed by atoms with Crippen LogP contribution >= 0.6 is 11.8 Å². The number of carbonyl (C=O) groups excluding carboxylic acids is 1. The van der Waals surface area contributed by atoms with Crippen LogP contribution in [0.5, 0.6) is 0 Å². The molecule has 1 fully saturated rings. The van der Waals surface area contributed by atoms with E-state index in [0.29, 0.717) is 29.9 Å². The largest absolute Gasteiger partial charge is 0.441 e. The molecule has 1 aliphatic rings. The molecular formula is C30H43N5O2S. The summed E-state index contributed by atoms with van der Waals surface area (Å²) in [5.41, 5.74) is 6.30. The number of anilines is 1. The summed E-state index contributed by atoms with van der Waals surface area (Å²) in [7, 11) is 0. The molecule has 1 aromatic carbocycles. The number of fused-ring (bicyclic) bond motifs is 1. The lowest BCUT2D eigenvalue weighted by atomic mass is 9.87. The average molecular weight is 538 g/mol. The van der Waals surface area contributed by atoms with E-state index in [9.17, 15) is 4.79 Å². The molecule has 38 heavy (non-hydrogen) atoms. The maximum atomic E-state index is 13.2. The first-order valence-corrected chi connectivity index (χ1v) is 14.9. The third kappa shape index (κ3) is 7.16. The Morgan fingerprint density at radius 1 is 0.974 bits per heavy atom. The van der Waals surface area contributed by atoms with Gasteiger partial charge in [-0.3, -0.25) is 9.69 Å². The maximum Gasteiger partial charge on any atom is 0.238 e. The minimum atomic E-state index is 0.0898. The fraction of sp³-hybridized carbons (Fsp3) is 0.567. The molecule has 0 bridgehead atoms. The molecule has 1 N–H and O–H groups in total. The molecule has 3 heterocycles. The molecule has 1 amide bonds. The summed E-state index contributed by atoms with van der Waals surface area (Å²) in [4.78, 5) is 27.4. The quantitative estimate of drug-likeness (QED) is 0.226. The van der Waals surface area contributed by atoms with Gasteiger partial charge in [-0.05, 0) is 59.2 Å². The average Bonchev–Trinajstić information content (AvgIpc) is 3.37. The van der Waals surface area contributed by atoms with Crippen LogP contribution in [-0.2, 0) is 4.79 Å². The summed E-state index contributed by atoms with van der Waals surface area (Å²) >= 11 is 1.80. The first kappa shape index (κ1) is 28.6. The zero-order valence-corrected chi connectivity index (χ0v) is 24.6. The molecule has 0 radical (unpaired) electrons. The monoisotopic (exact) mass is 537 g/mol. The van der Waals surface area contributed by atoms with Gasteiger partial charge in [0.2, 0.25) is 5.91 Å². The molecule has 0 aliphatic carbocycles. The second kappa shape index (κ2) is 13.1. The number of benzene rings is 1. The minimum Gasteiger partial charge on any atom is -0.441 e. The Morgan fingerprint density at radius 3 is 2.26 bits per heavy atom. The number of pyridine rings is 1. The number of amides is 1. The SMILES string of the molecule is CC(C)c1cc(C(C)C)c(NC(=O)CN2CCN(CCCSc3ccnc4ncoc34)CC2)c(C(C)C)c1. The summed E-state index contributed by atoms with van der Waals surface area (Å²) in [5.74, 6) is 2.28. The number of carbonyl (C=O) groups is 1. The van der Waals surface area contributed by atoms with Crippen molar-refractivity contribution in [3.63, 3.8) is 0 Å². The van der Waals surface area contributed by atoms with E-state index in [1.807, 2.05) is 6.07 Å². The van der Waals surface area contributed by atoms with Crippen LogP contribution in [0.1, 0.15) is 82.4 Å². The molecule has 206 valence electrons. The number of hydrogen-bond donors (Lipinski definition) is 1. The van der Waals surface area contributed by atoms with Crippen molar-refractivity contribution in [1.82, 2.24) is 19.8 Å². The fourth-order valence-corrected chi connectivity index (χ4v) is 5.91. The maximum absolute atomic E-state index is 13.2. The molecular weight excluding hydrogens is 494 g/mol. The predicted octanol–water partition coefficient (Wildman–Crippen LogP) is 6.33. The normalized spacial score (nSPS) is 15.3. The van der Waals surface area contributed by atoms with Crippen molar-refractivity contribution in [3.05, 3.63) is 47.5 Å². The van der Waals surface area contributed by atoms with Gasteiger partial charge in [-0.15, -0.1) is 11.8 Å². The van der Waals surface area contributed by atoms with Gasteiger partial charge in [0, 0.05) is 38.1 Å². The molecule has 4 rings (SSSR count). The lowest BCUT2D eigenvalue weighted by Gasteiger charge is -2.34. The lowest BCUT2D eigenvalue weighted by molar-refractivity contribution is -0.117. The summed E-state index contributed by atoms with van der Waals surface area (Å²) < 4.78 is 5.48. The number of aromatic nitrogens is 2. The van der Waals surface area contributed by atoms with Crippen LogP contribution in [0.15, 0.2) is 40.1 Å². The van der Waals surface area contributed by atoms with E-state index in [2.05, 4.69) is 78.8 Å². The van der Waals surface area contributed by atoms with E-state index in [0.717, 1.165) is 61.1 Å². The predicted molar refractivity (Wildman–Crippen MR) is 157 cm³/mol. The second-order valence-electron chi connectivity index (χ2n) is 11.2. The van der Waals surface area contributed by atoms with Gasteiger partial charge >= 0.3 is 0 Å². The van der Waals surface area contributed by atoms with Crippen LogP contribution < -0.4 is 5.32 Å². The van der Waals surface area contributed by atoms with E-state index in [1.165, 1.54) is 23.1 Å². The molecule has 2 aromatic heterocycles. The van der Waals surface area contributed by atoms with Gasteiger partial charge in [0.15, 0.2) is 17.6 Å². The van der Waals surface area contributed by atoms with Crippen molar-refractivity contribution in [2.24, 2.45) is 0 Å². The Labute approximate surface area is 231 Å². The number of nitrogens with one attached hydrogen (secondary N) is 1. The number of oxazole rings is 1. The van der Waals surface area contributed by atoms with Crippen molar-refractivity contribution < 1.29 is 9.21 Å². The van der Waals surface area contributed by atoms with Gasteiger partial charge in [0.1, 0.15) is 0 Å². The summed E-state index contributed by atoms with van der Waals surface area (Å²) in [5, 5.41) is 3.32. The molecule has 0 saturated carbocycles. The van der Waals surface area contributed by atoms with Crippen molar-refractivity contribution in [2.45, 2.75) is 70.6 Å². The summed E-state index contributed by atoms with van der Waals surface area (Å²) in [6.07, 6.45) is 4.35. The smallest absolute Gasteiger partial charge is 0.238 e. The van der Waals surface area contributed by atoms with E-state index in [1.54, 1.807) is 18.0 Å². The number of thioether (sulfide) groups is 1. The van der Waals surface area contributed by atoms with Crippen molar-refractivity contribution >= 4 is 34.6 Å². The van der Waals surface area contributed by atoms with Gasteiger partial charge in [-0.25, -0.2) is 4.98 Å². The van der Waals surface area contributed by atoms with Gasteiger partial charge in [-0.1, -0.05) is 53.7 Å². The van der Waals surface area contributed by atoms with Gasteiger partial charge in [0.25, 0.3) is 0 Å². The van der Waals surface area contributed by atoms with Crippen molar-refractivity contribution in [2.75, 3.05) is 50.3 Å². The molecule has 0 unspecified atom stereocenters. The van der Waals surface area contributed by atoms with E-state index in [4.69, 9.17) is 4.42 Å². The first-order chi connectivity index (χ1) is 18.2. The van der Waals surface area contributed by atoms with Crippen LogP contribution in [0, 0.1) is 0 Å². The molecule has 1 saturated heterocycles. The van der Waals surface area contributed by atoms with Crippen LogP contribution in [-0.4, -0.2) is 70.7 Å². The topological polar surface area (TPSA) is 74.5 Å². The Bertz CT molecular complexity index is 1190. The Morgan fingerprint density at radius 2 is 1.63 bits per heavy atom. The molecule has 3 aromatic rings. The minimum absolute atomic E-state index is 0.0898. The lowest BCUT2D eigenvalue weighted by Crippen LogP contribution is -2.48. The highest BCUT2D eigenvalue weighted by Gasteiger charge is 2.22.